The monoisotopic (exact) mass is 464 g/mol. The van der Waals surface area contributed by atoms with Crippen LogP contribution in [0, 0.1) is 0 Å². The molecule has 1 amide bonds. The highest BCUT2D eigenvalue weighted by Crippen LogP contribution is 2.33. The average Bonchev–Trinajstić information content (AvgIpc) is 3.39. The second-order valence-electron chi connectivity index (χ2n) is 7.61. The fraction of sp³-hybridized carbons (Fsp3) is 0.217. The molecule has 32 heavy (non-hydrogen) atoms. The second-order valence-corrected chi connectivity index (χ2v) is 9.81. The summed E-state index contributed by atoms with van der Waals surface area (Å²) in [5.41, 5.74) is 5.43. The zero-order valence-corrected chi connectivity index (χ0v) is 18.9. The van der Waals surface area contributed by atoms with Gasteiger partial charge in [-0.05, 0) is 66.3 Å². The van der Waals surface area contributed by atoms with E-state index < -0.39 is 0 Å². The molecule has 1 aliphatic carbocycles. The molecule has 0 saturated heterocycles. The van der Waals surface area contributed by atoms with Gasteiger partial charge in [0.15, 0.2) is 4.34 Å². The summed E-state index contributed by atoms with van der Waals surface area (Å²) in [6.07, 6.45) is 3.27. The van der Waals surface area contributed by atoms with Gasteiger partial charge in [0.2, 0.25) is 11.0 Å². The van der Waals surface area contributed by atoms with Gasteiger partial charge in [-0.25, -0.2) is 4.79 Å². The molecular weight excluding hydrogens is 444 g/mol. The molecule has 4 aromatic rings. The molecule has 2 heterocycles. The minimum Gasteiger partial charge on any atom is -0.423 e. The smallest absolute Gasteiger partial charge is 0.336 e. The van der Waals surface area contributed by atoms with Crippen molar-refractivity contribution in [2.75, 3.05) is 10.6 Å². The van der Waals surface area contributed by atoms with E-state index in [2.05, 4.69) is 26.9 Å². The molecule has 1 aliphatic rings. The summed E-state index contributed by atoms with van der Waals surface area (Å²) in [5.74, 6) is 0.484. The van der Waals surface area contributed by atoms with Crippen LogP contribution < -0.4 is 16.3 Å². The molecule has 162 valence electrons. The fourth-order valence-corrected chi connectivity index (χ4v) is 5.64. The summed E-state index contributed by atoms with van der Waals surface area (Å²) in [4.78, 5) is 23.3. The van der Waals surface area contributed by atoms with E-state index >= 15 is 0 Å². The van der Waals surface area contributed by atoms with Crippen LogP contribution in [0.2, 0.25) is 0 Å². The topological polar surface area (TPSA) is 97.1 Å². The predicted molar refractivity (Wildman–Crippen MR) is 128 cm³/mol. The summed E-state index contributed by atoms with van der Waals surface area (Å²) >= 11 is 2.98. The van der Waals surface area contributed by atoms with Gasteiger partial charge in [0.1, 0.15) is 5.58 Å². The number of hydrogen-bond donors (Lipinski definition) is 2. The van der Waals surface area contributed by atoms with Crippen molar-refractivity contribution < 1.29 is 9.21 Å². The molecule has 0 bridgehead atoms. The van der Waals surface area contributed by atoms with E-state index in [0.717, 1.165) is 40.2 Å². The molecule has 0 unspecified atom stereocenters. The third kappa shape index (κ3) is 4.53. The molecule has 9 heteroatoms. The van der Waals surface area contributed by atoms with Crippen LogP contribution in [-0.4, -0.2) is 16.1 Å². The Morgan fingerprint density at radius 3 is 2.78 bits per heavy atom. The van der Waals surface area contributed by atoms with Crippen LogP contribution in [0.5, 0.6) is 0 Å². The number of nitrogens with zero attached hydrogens (tertiary/aromatic N) is 2. The SMILES string of the molecule is CC(=O)Nc1cccc(Nc2nnc(SCc3cc(=O)oc4cc5c(cc34)CCC5)s2)c1. The number of benzene rings is 2. The van der Waals surface area contributed by atoms with E-state index in [1.54, 1.807) is 17.8 Å². The molecule has 2 aromatic carbocycles. The van der Waals surface area contributed by atoms with Gasteiger partial charge in [-0.1, -0.05) is 29.2 Å². The minimum absolute atomic E-state index is 0.121. The lowest BCUT2D eigenvalue weighted by molar-refractivity contribution is -0.114. The maximum atomic E-state index is 12.1. The van der Waals surface area contributed by atoms with E-state index in [0.29, 0.717) is 22.2 Å². The number of aryl methyl sites for hydroxylation is 2. The Hall–Kier alpha value is -3.17. The zero-order valence-electron chi connectivity index (χ0n) is 17.3. The van der Waals surface area contributed by atoms with Gasteiger partial charge in [0.05, 0.1) is 0 Å². The number of nitrogens with one attached hydrogen (secondary N) is 2. The van der Waals surface area contributed by atoms with Crippen molar-refractivity contribution >= 4 is 56.5 Å². The quantitative estimate of drug-likeness (QED) is 0.302. The molecule has 0 spiro atoms. The highest BCUT2D eigenvalue weighted by atomic mass is 32.2. The van der Waals surface area contributed by atoms with E-state index in [1.165, 1.54) is 29.4 Å². The third-order valence-electron chi connectivity index (χ3n) is 5.23. The number of amides is 1. The number of carbonyl (C=O) groups excluding carboxylic acids is 1. The normalized spacial score (nSPS) is 12.7. The first-order valence-corrected chi connectivity index (χ1v) is 12.0. The molecule has 7 nitrogen and oxygen atoms in total. The molecule has 0 aliphatic heterocycles. The van der Waals surface area contributed by atoms with Gasteiger partial charge >= 0.3 is 5.63 Å². The van der Waals surface area contributed by atoms with Crippen LogP contribution >= 0.6 is 23.1 Å². The number of fused-ring (bicyclic) bond motifs is 2. The lowest BCUT2D eigenvalue weighted by Gasteiger charge is -2.07. The second kappa shape index (κ2) is 8.76. The van der Waals surface area contributed by atoms with Crippen molar-refractivity contribution in [3.05, 3.63) is 69.6 Å². The first-order chi connectivity index (χ1) is 15.5. The summed E-state index contributed by atoms with van der Waals surface area (Å²) < 4.78 is 6.26. The Labute approximate surface area is 192 Å². The molecule has 0 fully saturated rings. The molecule has 0 atom stereocenters. The van der Waals surface area contributed by atoms with Crippen molar-refractivity contribution in [1.29, 1.82) is 0 Å². The number of carbonyl (C=O) groups is 1. The lowest BCUT2D eigenvalue weighted by Crippen LogP contribution is -2.05. The van der Waals surface area contributed by atoms with Gasteiger partial charge in [0, 0.05) is 35.5 Å². The van der Waals surface area contributed by atoms with Crippen molar-refractivity contribution in [3.63, 3.8) is 0 Å². The standard InChI is InChI=1S/C23H20N4O3S2/c1-13(28)24-17-6-3-7-18(11-17)25-22-26-27-23(32-22)31-12-16-10-21(29)30-20-9-15-5-2-4-14(15)8-19(16)20/h3,6-11H,2,4-5,12H2,1H3,(H,24,28)(H,25,26). The van der Waals surface area contributed by atoms with Gasteiger partial charge in [-0.3, -0.25) is 4.79 Å². The van der Waals surface area contributed by atoms with Gasteiger partial charge in [0.25, 0.3) is 0 Å². The maximum absolute atomic E-state index is 12.1. The summed E-state index contributed by atoms with van der Waals surface area (Å²) in [7, 11) is 0. The summed E-state index contributed by atoms with van der Waals surface area (Å²) in [6, 6.07) is 13.2. The highest BCUT2D eigenvalue weighted by molar-refractivity contribution is 8.00. The predicted octanol–water partition coefficient (Wildman–Crippen LogP) is 5.13. The molecule has 2 N–H and O–H groups in total. The third-order valence-corrected chi connectivity index (χ3v) is 7.26. The van der Waals surface area contributed by atoms with Crippen LogP contribution in [0.4, 0.5) is 16.5 Å². The largest absolute Gasteiger partial charge is 0.423 e. The summed E-state index contributed by atoms with van der Waals surface area (Å²) in [6.45, 7) is 1.47. The van der Waals surface area contributed by atoms with Gasteiger partial charge in [-0.2, -0.15) is 0 Å². The maximum Gasteiger partial charge on any atom is 0.336 e. The van der Waals surface area contributed by atoms with Crippen LogP contribution in [-0.2, 0) is 23.4 Å². The van der Waals surface area contributed by atoms with Crippen molar-refractivity contribution in [2.45, 2.75) is 36.3 Å². The molecule has 0 saturated carbocycles. The number of aromatic nitrogens is 2. The molecular formula is C23H20N4O3S2. The Kier molecular flexibility index (Phi) is 5.67. The van der Waals surface area contributed by atoms with Crippen LogP contribution in [0.15, 0.2) is 56.0 Å². The fourth-order valence-electron chi connectivity index (χ4n) is 3.87. The number of hydrogen-bond acceptors (Lipinski definition) is 8. The van der Waals surface area contributed by atoms with E-state index in [4.69, 9.17) is 4.42 Å². The Balaban J connectivity index is 1.31. The number of thioether (sulfide) groups is 1. The first-order valence-electron chi connectivity index (χ1n) is 10.2. The number of rotatable bonds is 6. The zero-order chi connectivity index (χ0) is 22.1. The van der Waals surface area contributed by atoms with Gasteiger partial charge in [-0.15, -0.1) is 10.2 Å². The van der Waals surface area contributed by atoms with E-state index in [9.17, 15) is 9.59 Å². The molecule has 5 rings (SSSR count). The number of anilines is 3. The van der Waals surface area contributed by atoms with Crippen LogP contribution in [0.1, 0.15) is 30.0 Å². The van der Waals surface area contributed by atoms with E-state index in [-0.39, 0.29) is 11.5 Å². The first kappa shape index (κ1) is 20.7. The average molecular weight is 465 g/mol. The molecule has 2 aromatic heterocycles. The van der Waals surface area contributed by atoms with Crippen molar-refractivity contribution in [3.8, 4) is 0 Å². The Morgan fingerprint density at radius 1 is 1.12 bits per heavy atom. The van der Waals surface area contributed by atoms with Crippen LogP contribution in [0.3, 0.4) is 0 Å². The van der Waals surface area contributed by atoms with Crippen LogP contribution in [0.25, 0.3) is 11.0 Å². The molecule has 0 radical (unpaired) electrons. The Morgan fingerprint density at radius 2 is 1.94 bits per heavy atom. The Bertz CT molecular complexity index is 1380. The summed E-state index contributed by atoms with van der Waals surface area (Å²) in [5, 5.41) is 16.1. The highest BCUT2D eigenvalue weighted by Gasteiger charge is 2.16. The van der Waals surface area contributed by atoms with E-state index in [1.807, 2.05) is 30.3 Å². The van der Waals surface area contributed by atoms with Gasteiger partial charge < -0.3 is 15.1 Å². The van der Waals surface area contributed by atoms with Crippen molar-refractivity contribution in [2.24, 2.45) is 0 Å². The lowest BCUT2D eigenvalue weighted by atomic mass is 10.0. The van der Waals surface area contributed by atoms with Crippen molar-refractivity contribution in [1.82, 2.24) is 10.2 Å². The minimum atomic E-state index is -0.329.